The normalized spacial score (nSPS) is 14.1. The molecular weight excluding hydrogens is 444 g/mol. The summed E-state index contributed by atoms with van der Waals surface area (Å²) in [5.74, 6) is -2.91. The van der Waals surface area contributed by atoms with Gasteiger partial charge >= 0.3 is 12.2 Å². The lowest BCUT2D eigenvalue weighted by molar-refractivity contribution is -0.138. The van der Waals surface area contributed by atoms with E-state index in [1.165, 1.54) is 30.6 Å². The van der Waals surface area contributed by atoms with Gasteiger partial charge in [-0.15, -0.1) is 0 Å². The number of halogens is 4. The average Bonchev–Trinajstić information content (AvgIpc) is 2.76. The van der Waals surface area contributed by atoms with Crippen molar-refractivity contribution in [2.24, 2.45) is 5.92 Å². The molecule has 0 radical (unpaired) electrons. The fourth-order valence-electron chi connectivity index (χ4n) is 3.05. The minimum atomic E-state index is -4.99. The summed E-state index contributed by atoms with van der Waals surface area (Å²) in [6, 6.07) is 3.88. The van der Waals surface area contributed by atoms with E-state index in [2.05, 4.69) is 10.3 Å². The quantitative estimate of drug-likeness (QED) is 0.672. The summed E-state index contributed by atoms with van der Waals surface area (Å²) in [5.41, 5.74) is -2.48. The molecule has 1 N–H and O–H groups in total. The summed E-state index contributed by atoms with van der Waals surface area (Å²) in [6.45, 7) is 3.97. The van der Waals surface area contributed by atoms with Crippen molar-refractivity contribution >= 4 is 23.7 Å². The SMILES string of the molecule is CC(C)CNC(=O)c1ccc(N2C=CCN(C(=O)c3c(F)cccc3C(F)(F)F)C2=O)nc1. The molecule has 1 aliphatic rings. The maximum Gasteiger partial charge on any atom is 0.417 e. The molecule has 0 aliphatic carbocycles. The molecule has 0 bridgehead atoms. The van der Waals surface area contributed by atoms with Gasteiger partial charge in [-0.2, -0.15) is 13.2 Å². The summed E-state index contributed by atoms with van der Waals surface area (Å²) in [4.78, 5) is 43.2. The molecule has 0 fully saturated rings. The van der Waals surface area contributed by atoms with Crippen molar-refractivity contribution < 1.29 is 31.9 Å². The van der Waals surface area contributed by atoms with Crippen molar-refractivity contribution in [3.8, 4) is 0 Å². The van der Waals surface area contributed by atoms with Gasteiger partial charge in [-0.25, -0.2) is 14.2 Å². The lowest BCUT2D eigenvalue weighted by atomic mass is 10.0. The molecule has 0 spiro atoms. The third-order valence-corrected chi connectivity index (χ3v) is 4.69. The minimum absolute atomic E-state index is 0.0266. The van der Waals surface area contributed by atoms with E-state index >= 15 is 0 Å². The predicted molar refractivity (Wildman–Crippen MR) is 111 cm³/mol. The number of aromatic nitrogens is 1. The highest BCUT2D eigenvalue weighted by atomic mass is 19.4. The highest BCUT2D eigenvalue weighted by Crippen LogP contribution is 2.34. The number of urea groups is 1. The second kappa shape index (κ2) is 9.39. The number of carbonyl (C=O) groups is 3. The van der Waals surface area contributed by atoms with Gasteiger partial charge in [0.2, 0.25) is 0 Å². The molecule has 1 aliphatic heterocycles. The zero-order chi connectivity index (χ0) is 24.3. The Kier molecular flexibility index (Phi) is 6.80. The van der Waals surface area contributed by atoms with Gasteiger partial charge in [0.1, 0.15) is 11.6 Å². The van der Waals surface area contributed by atoms with Gasteiger partial charge in [0.15, 0.2) is 0 Å². The molecule has 1 aromatic heterocycles. The topological polar surface area (TPSA) is 82.6 Å². The molecule has 0 saturated carbocycles. The first kappa shape index (κ1) is 23.9. The van der Waals surface area contributed by atoms with E-state index in [4.69, 9.17) is 0 Å². The van der Waals surface area contributed by atoms with Crippen LogP contribution in [-0.2, 0) is 6.18 Å². The van der Waals surface area contributed by atoms with Gasteiger partial charge in [-0.1, -0.05) is 19.9 Å². The van der Waals surface area contributed by atoms with Crippen molar-refractivity contribution in [1.29, 1.82) is 0 Å². The summed E-state index contributed by atoms with van der Waals surface area (Å²) in [5, 5.41) is 2.72. The maximum absolute atomic E-state index is 14.2. The molecule has 3 rings (SSSR count). The van der Waals surface area contributed by atoms with E-state index in [0.29, 0.717) is 17.5 Å². The highest BCUT2D eigenvalue weighted by molar-refractivity contribution is 6.10. The zero-order valence-electron chi connectivity index (χ0n) is 17.7. The Morgan fingerprint density at radius 3 is 2.52 bits per heavy atom. The fraction of sp³-hybridized carbons (Fsp3) is 0.273. The molecule has 11 heteroatoms. The van der Waals surface area contributed by atoms with Crippen molar-refractivity contribution in [3.63, 3.8) is 0 Å². The minimum Gasteiger partial charge on any atom is -0.352 e. The first-order chi connectivity index (χ1) is 15.5. The van der Waals surface area contributed by atoms with E-state index in [0.717, 1.165) is 17.0 Å². The monoisotopic (exact) mass is 464 g/mol. The number of benzene rings is 1. The van der Waals surface area contributed by atoms with Crippen molar-refractivity contribution in [2.45, 2.75) is 20.0 Å². The number of alkyl halides is 3. The third kappa shape index (κ3) is 5.18. The van der Waals surface area contributed by atoms with Crippen molar-refractivity contribution in [3.05, 3.63) is 71.3 Å². The van der Waals surface area contributed by atoms with Gasteiger partial charge in [-0.3, -0.25) is 19.4 Å². The standard InChI is InChI=1S/C22H20F4N4O3/c1-13(2)11-28-19(31)14-7-8-17(27-12-14)29-9-4-10-30(21(29)33)20(32)18-15(22(24,25)26)5-3-6-16(18)23/h3-9,12-13H,10-11H2,1-2H3,(H,28,31). The van der Waals surface area contributed by atoms with Gasteiger partial charge < -0.3 is 5.32 Å². The van der Waals surface area contributed by atoms with Crippen LogP contribution in [0.25, 0.3) is 0 Å². The number of carbonyl (C=O) groups excluding carboxylic acids is 3. The fourth-order valence-corrected chi connectivity index (χ4v) is 3.05. The number of nitrogens with zero attached hydrogens (tertiary/aromatic N) is 3. The summed E-state index contributed by atoms with van der Waals surface area (Å²) < 4.78 is 54.1. The van der Waals surface area contributed by atoms with Crippen molar-refractivity contribution in [2.75, 3.05) is 18.0 Å². The van der Waals surface area contributed by atoms with Crippen LogP contribution in [0.4, 0.5) is 28.2 Å². The molecule has 7 nitrogen and oxygen atoms in total. The Hall–Kier alpha value is -3.76. The second-order valence-electron chi connectivity index (χ2n) is 7.62. The van der Waals surface area contributed by atoms with Crippen LogP contribution in [0.15, 0.2) is 48.8 Å². The molecule has 174 valence electrons. The molecular formula is C22H20F4N4O3. The Labute approximate surface area is 186 Å². The van der Waals surface area contributed by atoms with Crippen LogP contribution in [0.1, 0.15) is 40.1 Å². The number of hydrogen-bond donors (Lipinski definition) is 1. The molecule has 1 aromatic carbocycles. The number of imide groups is 1. The third-order valence-electron chi connectivity index (χ3n) is 4.69. The Morgan fingerprint density at radius 2 is 1.91 bits per heavy atom. The molecule has 2 heterocycles. The summed E-state index contributed by atoms with van der Waals surface area (Å²) in [6.07, 6.45) is -1.13. The van der Waals surface area contributed by atoms with Crippen LogP contribution in [0.5, 0.6) is 0 Å². The van der Waals surface area contributed by atoms with E-state index in [1.807, 2.05) is 13.8 Å². The largest absolute Gasteiger partial charge is 0.417 e. The predicted octanol–water partition coefficient (Wildman–Crippen LogP) is 4.22. The lowest BCUT2D eigenvalue weighted by Crippen LogP contribution is -2.48. The number of nitrogens with one attached hydrogen (secondary N) is 1. The lowest BCUT2D eigenvalue weighted by Gasteiger charge is -2.30. The first-order valence-electron chi connectivity index (χ1n) is 9.92. The van der Waals surface area contributed by atoms with Crippen LogP contribution < -0.4 is 10.2 Å². The van der Waals surface area contributed by atoms with Gasteiger partial charge in [-0.05, 0) is 36.3 Å². The average molecular weight is 464 g/mol. The van der Waals surface area contributed by atoms with E-state index in [-0.39, 0.29) is 29.8 Å². The highest BCUT2D eigenvalue weighted by Gasteiger charge is 2.40. The molecule has 2 aromatic rings. The number of hydrogen-bond acceptors (Lipinski definition) is 4. The van der Waals surface area contributed by atoms with Crippen LogP contribution in [0.2, 0.25) is 0 Å². The van der Waals surface area contributed by atoms with Crippen LogP contribution in [-0.4, -0.2) is 40.8 Å². The Morgan fingerprint density at radius 1 is 1.18 bits per heavy atom. The molecule has 0 saturated heterocycles. The zero-order valence-corrected chi connectivity index (χ0v) is 17.7. The number of amides is 4. The van der Waals surface area contributed by atoms with Crippen LogP contribution in [0.3, 0.4) is 0 Å². The molecule has 0 unspecified atom stereocenters. The molecule has 0 atom stereocenters. The van der Waals surface area contributed by atoms with Gasteiger partial charge in [0, 0.05) is 18.9 Å². The Balaban J connectivity index is 1.84. The molecule has 33 heavy (non-hydrogen) atoms. The maximum atomic E-state index is 14.2. The van der Waals surface area contributed by atoms with E-state index < -0.39 is 35.1 Å². The number of pyridine rings is 1. The van der Waals surface area contributed by atoms with Gasteiger partial charge in [0.05, 0.1) is 23.2 Å². The smallest absolute Gasteiger partial charge is 0.352 e. The number of rotatable bonds is 5. The van der Waals surface area contributed by atoms with Crippen molar-refractivity contribution in [1.82, 2.24) is 15.2 Å². The van der Waals surface area contributed by atoms with Crippen LogP contribution >= 0.6 is 0 Å². The van der Waals surface area contributed by atoms with Gasteiger partial charge in [0.25, 0.3) is 11.8 Å². The molecule has 4 amide bonds. The first-order valence-corrected chi connectivity index (χ1v) is 9.92. The van der Waals surface area contributed by atoms with E-state index in [1.54, 1.807) is 0 Å². The summed E-state index contributed by atoms with van der Waals surface area (Å²) in [7, 11) is 0. The van der Waals surface area contributed by atoms with E-state index in [9.17, 15) is 31.9 Å². The number of anilines is 1. The Bertz CT molecular complexity index is 1100. The second-order valence-corrected chi connectivity index (χ2v) is 7.62. The summed E-state index contributed by atoms with van der Waals surface area (Å²) >= 11 is 0. The van der Waals surface area contributed by atoms with Crippen LogP contribution in [0, 0.1) is 11.7 Å².